The molecule has 0 aromatic carbocycles. The average molecular weight is 690 g/mol. The van der Waals surface area contributed by atoms with Crippen LogP contribution in [0.1, 0.15) is 0 Å². The minimum absolute atomic E-state index is 0.139. The summed E-state index contributed by atoms with van der Waals surface area (Å²) in [6.07, 6.45) is -3.33. The Bertz CT molecular complexity index is 1220. The normalized spacial score (nSPS) is 21.8. The van der Waals surface area contributed by atoms with E-state index in [-0.39, 0.29) is 46.2 Å². The Labute approximate surface area is 276 Å². The number of hydrogen-bond donors (Lipinski definition) is 0. The molecule has 0 saturated carbocycles. The first-order valence-corrected chi connectivity index (χ1v) is 29.5. The Balaban J connectivity index is 3.47. The van der Waals surface area contributed by atoms with Crippen LogP contribution in [0.5, 0.6) is 0 Å². The molecule has 0 aliphatic carbocycles. The van der Waals surface area contributed by atoms with Crippen molar-refractivity contribution in [3.05, 3.63) is 10.4 Å². The van der Waals surface area contributed by atoms with Gasteiger partial charge >= 0.3 is 0 Å². The van der Waals surface area contributed by atoms with E-state index in [0.29, 0.717) is 0 Å². The highest BCUT2D eigenvalue weighted by Gasteiger charge is 2.49. The summed E-state index contributed by atoms with van der Waals surface area (Å²) in [5.74, 6) is 12.7. The molecule has 1 aliphatic rings. The van der Waals surface area contributed by atoms with Crippen LogP contribution in [0.3, 0.4) is 0 Å². The van der Waals surface area contributed by atoms with Gasteiger partial charge in [-0.3, -0.25) is 0 Å². The fourth-order valence-electron chi connectivity index (χ4n) is 3.81. The Hall–Kier alpha value is -1.82. The van der Waals surface area contributed by atoms with E-state index in [4.69, 9.17) is 34.0 Å². The molecule has 0 amide bonds. The summed E-state index contributed by atoms with van der Waals surface area (Å²) in [6.45, 7) is 27.6. The lowest BCUT2D eigenvalue weighted by Crippen LogP contribution is -2.62. The number of nitrogens with zero attached hydrogens (tertiary/aromatic N) is 3. The summed E-state index contributed by atoms with van der Waals surface area (Å²) in [4.78, 5) is 2.83. The van der Waals surface area contributed by atoms with Gasteiger partial charge in [0, 0.05) is 11.5 Å². The van der Waals surface area contributed by atoms with E-state index in [2.05, 4.69) is 134 Å². The fraction of sp³-hybridized carbons (Fsp3) is 0.750. The zero-order valence-electron chi connectivity index (χ0n) is 29.6. The largest absolute Gasteiger partial charge is 0.366 e. The maximum Gasteiger partial charge on any atom is 0.186 e. The van der Waals surface area contributed by atoms with Crippen LogP contribution in [-0.4, -0.2) is 109 Å². The fourth-order valence-corrected chi connectivity index (χ4v) is 6.22. The van der Waals surface area contributed by atoms with Crippen LogP contribution < -0.4 is 0 Å². The second kappa shape index (κ2) is 19.7. The summed E-state index contributed by atoms with van der Waals surface area (Å²) in [7, 11) is -6.34. The molecule has 13 heteroatoms. The number of ether oxygens (including phenoxy) is 6. The third-order valence-electron chi connectivity index (χ3n) is 5.48. The third kappa shape index (κ3) is 20.8. The molecule has 0 bridgehead atoms. The molecule has 0 N–H and O–H groups in total. The zero-order valence-corrected chi connectivity index (χ0v) is 33.6. The number of azide groups is 1. The van der Waals surface area contributed by atoms with Crippen molar-refractivity contribution in [3.8, 4) is 45.9 Å². The highest BCUT2D eigenvalue weighted by atomic mass is 28.3. The van der Waals surface area contributed by atoms with Gasteiger partial charge in [0.15, 0.2) is 6.29 Å². The molecule has 1 rings (SSSR count). The predicted molar refractivity (Wildman–Crippen MR) is 193 cm³/mol. The van der Waals surface area contributed by atoms with Crippen molar-refractivity contribution >= 4 is 32.3 Å². The van der Waals surface area contributed by atoms with Crippen molar-refractivity contribution in [2.24, 2.45) is 5.11 Å². The summed E-state index contributed by atoms with van der Waals surface area (Å²) >= 11 is 0. The second-order valence-corrected chi connectivity index (χ2v) is 33.9. The van der Waals surface area contributed by atoms with Gasteiger partial charge in [-0.25, -0.2) is 0 Å². The quantitative estimate of drug-likeness (QED) is 0.0611. The number of rotatable bonds is 13. The first-order valence-electron chi connectivity index (χ1n) is 15.5. The van der Waals surface area contributed by atoms with Gasteiger partial charge < -0.3 is 28.4 Å². The summed E-state index contributed by atoms with van der Waals surface area (Å²) < 4.78 is 37.8. The third-order valence-corrected chi connectivity index (χ3v) is 9.19. The molecule has 1 aliphatic heterocycles. The molecular weight excluding hydrogens is 635 g/mol. The van der Waals surface area contributed by atoms with Gasteiger partial charge in [0.1, 0.15) is 83.1 Å². The lowest BCUT2D eigenvalue weighted by atomic mass is 9.98. The molecule has 9 nitrogen and oxygen atoms in total. The lowest BCUT2D eigenvalue weighted by Gasteiger charge is -2.45. The molecular formula is C32H55N3O6Si4. The monoisotopic (exact) mass is 689 g/mol. The van der Waals surface area contributed by atoms with Crippen LogP contribution in [-0.2, 0) is 28.4 Å². The summed E-state index contributed by atoms with van der Waals surface area (Å²) in [6, 6.07) is 0. The minimum atomic E-state index is -1.61. The van der Waals surface area contributed by atoms with Crippen LogP contribution in [0, 0.1) is 45.9 Å². The van der Waals surface area contributed by atoms with E-state index in [1.807, 2.05) is 0 Å². The maximum absolute atomic E-state index is 8.76. The molecule has 5 atom stereocenters. The van der Waals surface area contributed by atoms with Crippen LogP contribution in [0.2, 0.25) is 78.6 Å². The Kier molecular flexibility index (Phi) is 18.1. The van der Waals surface area contributed by atoms with Crippen molar-refractivity contribution in [1.29, 1.82) is 0 Å². The molecule has 0 aromatic heterocycles. The average Bonchev–Trinajstić information content (AvgIpc) is 2.88. The molecule has 1 heterocycles. The Morgan fingerprint density at radius 2 is 1.02 bits per heavy atom. The molecule has 1 saturated heterocycles. The van der Waals surface area contributed by atoms with Crippen LogP contribution in [0.4, 0.5) is 0 Å². The SMILES string of the molecule is C[Si](C)(C)C#CCOC[C@H]1O[C@@H](OCCN=[N+]=[N-])[C@H](OCC#C[Si](C)(C)C)[C@@H](OCC#C[Si](C)(C)C)[C@@H]1OCC#C[Si](C)(C)C. The van der Waals surface area contributed by atoms with Crippen LogP contribution >= 0.6 is 0 Å². The first kappa shape index (κ1) is 41.2. The summed E-state index contributed by atoms with van der Waals surface area (Å²) in [5.41, 5.74) is 22.1. The molecule has 250 valence electrons. The van der Waals surface area contributed by atoms with Crippen molar-refractivity contribution in [2.45, 2.75) is 109 Å². The van der Waals surface area contributed by atoms with E-state index in [1.54, 1.807) is 0 Å². The minimum Gasteiger partial charge on any atom is -0.366 e. The van der Waals surface area contributed by atoms with E-state index >= 15 is 0 Å². The molecule has 0 radical (unpaired) electrons. The van der Waals surface area contributed by atoms with Gasteiger partial charge in [0.2, 0.25) is 0 Å². The molecule has 45 heavy (non-hydrogen) atoms. The van der Waals surface area contributed by atoms with Gasteiger partial charge in [0.25, 0.3) is 0 Å². The maximum atomic E-state index is 8.76. The number of hydrogen-bond acceptors (Lipinski definition) is 7. The van der Waals surface area contributed by atoms with Crippen molar-refractivity contribution in [2.75, 3.05) is 46.2 Å². The van der Waals surface area contributed by atoms with E-state index in [1.165, 1.54) is 0 Å². The lowest BCUT2D eigenvalue weighted by molar-refractivity contribution is -0.318. The van der Waals surface area contributed by atoms with Gasteiger partial charge in [0.05, 0.1) is 13.2 Å². The Morgan fingerprint density at radius 3 is 1.47 bits per heavy atom. The van der Waals surface area contributed by atoms with E-state index in [0.717, 1.165) is 0 Å². The first-order chi connectivity index (χ1) is 20.8. The highest BCUT2D eigenvalue weighted by Crippen LogP contribution is 2.29. The molecule has 0 unspecified atom stereocenters. The van der Waals surface area contributed by atoms with Crippen LogP contribution in [0.15, 0.2) is 5.11 Å². The predicted octanol–water partition coefficient (Wildman–Crippen LogP) is 5.73. The zero-order chi connectivity index (χ0) is 34.2. The van der Waals surface area contributed by atoms with Crippen molar-refractivity contribution in [3.63, 3.8) is 0 Å². The Morgan fingerprint density at radius 1 is 0.600 bits per heavy atom. The topological polar surface area (TPSA) is 104 Å². The summed E-state index contributed by atoms with van der Waals surface area (Å²) in [5, 5.41) is 3.60. The van der Waals surface area contributed by atoms with Crippen molar-refractivity contribution < 1.29 is 28.4 Å². The highest BCUT2D eigenvalue weighted by molar-refractivity contribution is 6.85. The smallest absolute Gasteiger partial charge is 0.186 e. The molecule has 0 aromatic rings. The van der Waals surface area contributed by atoms with Gasteiger partial charge in [-0.05, 0) is 5.53 Å². The van der Waals surface area contributed by atoms with Gasteiger partial charge in [-0.2, -0.15) is 0 Å². The van der Waals surface area contributed by atoms with Crippen molar-refractivity contribution in [1.82, 2.24) is 0 Å². The van der Waals surface area contributed by atoms with Gasteiger partial charge in [-0.1, -0.05) is 107 Å². The standard InChI is InChI=1S/C32H55N3O6Si4/c1-42(2,3)23-13-18-36-27-28-29(37-19-14-24-43(4,5)6)30(38-20-15-25-44(7,8)9)31(39-21-16-26-45(10,11)12)32(41-28)40-22-17-34-35-33/h28-32H,17-22,27H2,1-12H3/t28-,29-,30+,31-,32-/m1/s1. The van der Waals surface area contributed by atoms with E-state index < -0.39 is 63.0 Å². The van der Waals surface area contributed by atoms with Gasteiger partial charge in [-0.15, -0.1) is 22.2 Å². The molecule has 1 fully saturated rings. The molecule has 0 spiro atoms. The second-order valence-electron chi connectivity index (χ2n) is 14.9. The van der Waals surface area contributed by atoms with Crippen LogP contribution in [0.25, 0.3) is 10.4 Å². The van der Waals surface area contributed by atoms with E-state index in [9.17, 15) is 0 Å².